The molecule has 2 N–H and O–H groups in total. The van der Waals surface area contributed by atoms with Crippen LogP contribution >= 0.6 is 22.9 Å². The molecule has 0 saturated carbocycles. The normalized spacial score (nSPS) is 12.7. The number of carbonyl (C=O) groups excluding carboxylic acids is 1. The van der Waals surface area contributed by atoms with Crippen molar-refractivity contribution in [1.29, 1.82) is 0 Å². The van der Waals surface area contributed by atoms with Gasteiger partial charge in [-0.3, -0.25) is 4.79 Å². The van der Waals surface area contributed by atoms with Crippen molar-refractivity contribution in [2.24, 2.45) is 11.7 Å². The van der Waals surface area contributed by atoms with Crippen molar-refractivity contribution in [2.45, 2.75) is 32.6 Å². The first-order valence-electron chi connectivity index (χ1n) is 5.65. The Labute approximate surface area is 106 Å². The van der Waals surface area contributed by atoms with E-state index in [9.17, 15) is 4.79 Å². The van der Waals surface area contributed by atoms with Crippen LogP contribution in [0.1, 0.15) is 42.3 Å². The summed E-state index contributed by atoms with van der Waals surface area (Å²) < 4.78 is 0. The summed E-state index contributed by atoms with van der Waals surface area (Å²) in [6.45, 7) is 2.84. The van der Waals surface area contributed by atoms with Gasteiger partial charge in [0.25, 0.3) is 0 Å². The summed E-state index contributed by atoms with van der Waals surface area (Å²) in [5, 5.41) is 2.44. The van der Waals surface area contributed by atoms with Crippen LogP contribution in [0.15, 0.2) is 11.4 Å². The molecule has 4 heteroatoms. The second-order valence-electron chi connectivity index (χ2n) is 3.91. The number of thiophene rings is 1. The van der Waals surface area contributed by atoms with Crippen LogP contribution in [0.4, 0.5) is 0 Å². The first kappa shape index (κ1) is 13.7. The minimum Gasteiger partial charge on any atom is -0.330 e. The Morgan fingerprint density at radius 1 is 1.56 bits per heavy atom. The number of halogens is 1. The van der Waals surface area contributed by atoms with Crippen LogP contribution in [0.3, 0.4) is 0 Å². The van der Waals surface area contributed by atoms with E-state index in [0.29, 0.717) is 28.8 Å². The highest BCUT2D eigenvalue weighted by molar-refractivity contribution is 7.12. The molecule has 0 fully saturated rings. The summed E-state index contributed by atoms with van der Waals surface area (Å²) in [5.41, 5.74) is 5.53. The van der Waals surface area contributed by atoms with E-state index < -0.39 is 0 Å². The van der Waals surface area contributed by atoms with Gasteiger partial charge in [-0.1, -0.05) is 24.9 Å². The number of rotatable bonds is 7. The van der Waals surface area contributed by atoms with E-state index in [2.05, 4.69) is 6.92 Å². The monoisotopic (exact) mass is 259 g/mol. The van der Waals surface area contributed by atoms with E-state index in [1.165, 1.54) is 11.3 Å². The summed E-state index contributed by atoms with van der Waals surface area (Å²) in [6, 6.07) is 1.77. The van der Waals surface area contributed by atoms with E-state index >= 15 is 0 Å². The molecular formula is C12H18ClNOS. The summed E-state index contributed by atoms with van der Waals surface area (Å²) in [7, 11) is 0. The first-order valence-corrected chi connectivity index (χ1v) is 6.91. The van der Waals surface area contributed by atoms with E-state index in [4.69, 9.17) is 17.3 Å². The highest BCUT2D eigenvalue weighted by Crippen LogP contribution is 2.25. The molecule has 16 heavy (non-hydrogen) atoms. The number of hydrogen-bond acceptors (Lipinski definition) is 3. The highest BCUT2D eigenvalue weighted by atomic mass is 35.5. The molecule has 0 radical (unpaired) electrons. The molecule has 0 bridgehead atoms. The third-order valence-electron chi connectivity index (χ3n) is 2.80. The summed E-state index contributed by atoms with van der Waals surface area (Å²) in [4.78, 5) is 12.5. The van der Waals surface area contributed by atoms with Gasteiger partial charge in [-0.25, -0.2) is 0 Å². The Bertz CT molecular complexity index is 338. The van der Waals surface area contributed by atoms with E-state index in [1.807, 2.05) is 5.38 Å². The molecule has 0 aliphatic rings. The van der Waals surface area contributed by atoms with Gasteiger partial charge >= 0.3 is 0 Å². The zero-order valence-corrected chi connectivity index (χ0v) is 11.1. The Kier molecular flexibility index (Phi) is 6.03. The Balaban J connectivity index is 2.43. The van der Waals surface area contributed by atoms with Crippen molar-refractivity contribution in [3.63, 3.8) is 0 Å². The minimum absolute atomic E-state index is 0.162. The quantitative estimate of drug-likeness (QED) is 0.758. The molecule has 1 unspecified atom stereocenters. The average molecular weight is 260 g/mol. The van der Waals surface area contributed by atoms with Gasteiger partial charge in [0.05, 0.1) is 9.90 Å². The summed E-state index contributed by atoms with van der Waals surface area (Å²) >= 11 is 7.34. The fourth-order valence-corrected chi connectivity index (χ4v) is 2.86. The molecule has 2 nitrogen and oxygen atoms in total. The number of ketones is 1. The van der Waals surface area contributed by atoms with Crippen molar-refractivity contribution in [1.82, 2.24) is 0 Å². The Morgan fingerprint density at radius 2 is 2.31 bits per heavy atom. The smallest absolute Gasteiger partial charge is 0.174 e. The molecule has 1 atom stereocenters. The Hall–Kier alpha value is -0.380. The van der Waals surface area contributed by atoms with Gasteiger partial charge in [0.2, 0.25) is 0 Å². The average Bonchev–Trinajstić information content (AvgIpc) is 2.70. The van der Waals surface area contributed by atoms with Crippen molar-refractivity contribution in [3.8, 4) is 0 Å². The Morgan fingerprint density at radius 3 is 2.81 bits per heavy atom. The van der Waals surface area contributed by atoms with E-state index in [1.54, 1.807) is 6.07 Å². The van der Waals surface area contributed by atoms with Crippen molar-refractivity contribution in [2.75, 3.05) is 6.54 Å². The SMILES string of the molecule is CCC(CCN)CCC(=O)c1sccc1Cl. The second-order valence-corrected chi connectivity index (χ2v) is 5.23. The topological polar surface area (TPSA) is 43.1 Å². The predicted molar refractivity (Wildman–Crippen MR) is 70.3 cm³/mol. The maximum absolute atomic E-state index is 11.8. The van der Waals surface area contributed by atoms with Gasteiger partial charge in [-0.05, 0) is 36.8 Å². The van der Waals surface area contributed by atoms with Crippen molar-refractivity contribution < 1.29 is 4.79 Å². The number of nitrogens with two attached hydrogens (primary N) is 1. The lowest BCUT2D eigenvalue weighted by atomic mass is 9.95. The van der Waals surface area contributed by atoms with Crippen LogP contribution in [0, 0.1) is 5.92 Å². The van der Waals surface area contributed by atoms with Gasteiger partial charge in [0.1, 0.15) is 0 Å². The zero-order chi connectivity index (χ0) is 12.0. The van der Waals surface area contributed by atoms with Crippen molar-refractivity contribution in [3.05, 3.63) is 21.3 Å². The number of hydrogen-bond donors (Lipinski definition) is 1. The maximum atomic E-state index is 11.8. The number of Topliss-reactive ketones (excluding diaryl/α,β-unsaturated/α-hetero) is 1. The van der Waals surface area contributed by atoms with E-state index in [-0.39, 0.29) is 5.78 Å². The fourth-order valence-electron chi connectivity index (χ4n) is 1.73. The summed E-state index contributed by atoms with van der Waals surface area (Å²) in [5.74, 6) is 0.725. The van der Waals surface area contributed by atoms with Gasteiger partial charge in [0.15, 0.2) is 5.78 Å². The van der Waals surface area contributed by atoms with Crippen LogP contribution in [-0.2, 0) is 0 Å². The van der Waals surface area contributed by atoms with Gasteiger partial charge < -0.3 is 5.73 Å². The summed E-state index contributed by atoms with van der Waals surface area (Å²) in [6.07, 6.45) is 3.59. The molecule has 0 aliphatic carbocycles. The predicted octanol–water partition coefficient (Wildman–Crippen LogP) is 3.74. The van der Waals surface area contributed by atoms with Crippen molar-refractivity contribution >= 4 is 28.7 Å². The highest BCUT2D eigenvalue weighted by Gasteiger charge is 2.14. The standard InChI is InChI=1S/C12H18ClNOS/c1-2-9(5-7-14)3-4-11(15)12-10(13)6-8-16-12/h6,8-9H,2-5,7,14H2,1H3. The lowest BCUT2D eigenvalue weighted by molar-refractivity contribution is 0.0977. The van der Waals surface area contributed by atoms with Gasteiger partial charge in [0, 0.05) is 6.42 Å². The van der Waals surface area contributed by atoms with Crippen LogP contribution in [0.5, 0.6) is 0 Å². The third-order valence-corrected chi connectivity index (χ3v) is 4.18. The molecule has 1 aromatic rings. The van der Waals surface area contributed by atoms with Crippen LogP contribution in [0.25, 0.3) is 0 Å². The molecule has 1 heterocycles. The maximum Gasteiger partial charge on any atom is 0.174 e. The molecule has 0 spiro atoms. The van der Waals surface area contributed by atoms with E-state index in [0.717, 1.165) is 19.3 Å². The van der Waals surface area contributed by atoms with Crippen LogP contribution in [-0.4, -0.2) is 12.3 Å². The fraction of sp³-hybridized carbons (Fsp3) is 0.583. The van der Waals surface area contributed by atoms with Crippen LogP contribution < -0.4 is 5.73 Å². The minimum atomic E-state index is 0.162. The first-order chi connectivity index (χ1) is 7.69. The lowest BCUT2D eigenvalue weighted by Crippen LogP contribution is -2.10. The van der Waals surface area contributed by atoms with Gasteiger partial charge in [-0.15, -0.1) is 11.3 Å². The molecule has 1 aromatic heterocycles. The largest absolute Gasteiger partial charge is 0.330 e. The molecule has 0 aromatic carbocycles. The van der Waals surface area contributed by atoms with Gasteiger partial charge in [-0.2, -0.15) is 0 Å². The molecule has 0 saturated heterocycles. The molecular weight excluding hydrogens is 242 g/mol. The molecule has 90 valence electrons. The van der Waals surface area contributed by atoms with Crippen LogP contribution in [0.2, 0.25) is 5.02 Å². The second kappa shape index (κ2) is 7.05. The zero-order valence-electron chi connectivity index (χ0n) is 9.54. The molecule has 0 amide bonds. The molecule has 1 rings (SSSR count). The molecule has 0 aliphatic heterocycles. The third kappa shape index (κ3) is 3.89. The lowest BCUT2D eigenvalue weighted by Gasteiger charge is -2.12. The number of carbonyl (C=O) groups is 1.